The number of hydrogen-bond donors (Lipinski definition) is 0. The summed E-state index contributed by atoms with van der Waals surface area (Å²) in [7, 11) is 0. The molecule has 2 fully saturated rings. The van der Waals surface area contributed by atoms with Gasteiger partial charge in [-0.05, 0) is 46.1 Å². The second-order valence-corrected chi connectivity index (χ2v) is 4.74. The standard InChI is InChI=1S/C13H21NO2/c1-3-16-13(15)10(2)11-6-8-14-7-4-5-12(14)9-11/h12H,3-9H2,1-2H3. The van der Waals surface area contributed by atoms with Gasteiger partial charge in [0.2, 0.25) is 0 Å². The highest BCUT2D eigenvalue weighted by atomic mass is 16.5. The highest BCUT2D eigenvalue weighted by molar-refractivity contribution is 5.88. The Labute approximate surface area is 97.5 Å². The lowest BCUT2D eigenvalue weighted by molar-refractivity contribution is -0.138. The van der Waals surface area contributed by atoms with Crippen LogP contribution in [-0.2, 0) is 9.53 Å². The zero-order valence-corrected chi connectivity index (χ0v) is 10.3. The van der Waals surface area contributed by atoms with Crippen LogP contribution in [0.25, 0.3) is 0 Å². The molecule has 0 radical (unpaired) electrons. The number of nitrogens with zero attached hydrogens (tertiary/aromatic N) is 1. The smallest absolute Gasteiger partial charge is 0.333 e. The Morgan fingerprint density at radius 3 is 3.06 bits per heavy atom. The van der Waals surface area contributed by atoms with E-state index in [9.17, 15) is 4.79 Å². The fraction of sp³-hybridized carbons (Fsp3) is 0.769. The van der Waals surface area contributed by atoms with E-state index in [1.165, 1.54) is 25.0 Å². The van der Waals surface area contributed by atoms with Crippen LogP contribution in [0.4, 0.5) is 0 Å². The van der Waals surface area contributed by atoms with E-state index in [4.69, 9.17) is 4.74 Å². The predicted molar refractivity (Wildman–Crippen MR) is 63.2 cm³/mol. The van der Waals surface area contributed by atoms with Crippen molar-refractivity contribution in [2.75, 3.05) is 19.7 Å². The number of carbonyl (C=O) groups excluding carboxylic acids is 1. The molecule has 1 unspecified atom stereocenters. The summed E-state index contributed by atoms with van der Waals surface area (Å²) in [5.41, 5.74) is 2.18. The molecule has 0 bridgehead atoms. The first kappa shape index (κ1) is 11.6. The lowest BCUT2D eigenvalue weighted by Crippen LogP contribution is -2.35. The Balaban J connectivity index is 2.04. The highest BCUT2D eigenvalue weighted by Crippen LogP contribution is 2.31. The molecule has 2 aliphatic rings. The van der Waals surface area contributed by atoms with E-state index >= 15 is 0 Å². The first-order valence-electron chi connectivity index (χ1n) is 6.32. The molecule has 1 atom stereocenters. The molecule has 2 heterocycles. The van der Waals surface area contributed by atoms with Crippen LogP contribution in [-0.4, -0.2) is 36.6 Å². The number of rotatable bonds is 2. The molecular formula is C13H21NO2. The van der Waals surface area contributed by atoms with Crippen molar-refractivity contribution in [2.24, 2.45) is 0 Å². The van der Waals surface area contributed by atoms with Gasteiger partial charge in [0.15, 0.2) is 0 Å². The van der Waals surface area contributed by atoms with Crippen LogP contribution < -0.4 is 0 Å². The van der Waals surface area contributed by atoms with E-state index < -0.39 is 0 Å². The second kappa shape index (κ2) is 5.00. The van der Waals surface area contributed by atoms with Crippen LogP contribution >= 0.6 is 0 Å². The molecular weight excluding hydrogens is 202 g/mol. The molecule has 2 aliphatic heterocycles. The Morgan fingerprint density at radius 1 is 1.50 bits per heavy atom. The molecule has 0 aliphatic carbocycles. The van der Waals surface area contributed by atoms with Gasteiger partial charge in [-0.25, -0.2) is 4.79 Å². The lowest BCUT2D eigenvalue weighted by Gasteiger charge is -2.31. The van der Waals surface area contributed by atoms with Crippen molar-refractivity contribution in [1.82, 2.24) is 4.90 Å². The maximum absolute atomic E-state index is 11.6. The van der Waals surface area contributed by atoms with E-state index in [1.807, 2.05) is 13.8 Å². The zero-order valence-electron chi connectivity index (χ0n) is 10.3. The summed E-state index contributed by atoms with van der Waals surface area (Å²) < 4.78 is 5.06. The third kappa shape index (κ3) is 2.29. The Kier molecular flexibility index (Phi) is 3.64. The predicted octanol–water partition coefficient (Wildman–Crippen LogP) is 2.12. The van der Waals surface area contributed by atoms with Gasteiger partial charge in [-0.3, -0.25) is 4.90 Å². The van der Waals surface area contributed by atoms with Crippen LogP contribution in [0.1, 0.15) is 39.5 Å². The summed E-state index contributed by atoms with van der Waals surface area (Å²) in [6, 6.07) is 0.688. The fourth-order valence-corrected chi connectivity index (χ4v) is 2.81. The van der Waals surface area contributed by atoms with Crippen LogP contribution in [0.5, 0.6) is 0 Å². The van der Waals surface area contributed by atoms with Crippen molar-refractivity contribution >= 4 is 5.97 Å². The van der Waals surface area contributed by atoms with E-state index in [-0.39, 0.29) is 5.97 Å². The first-order valence-corrected chi connectivity index (χ1v) is 6.32. The third-order valence-electron chi connectivity index (χ3n) is 3.79. The van der Waals surface area contributed by atoms with E-state index in [1.54, 1.807) is 0 Å². The van der Waals surface area contributed by atoms with Gasteiger partial charge in [0.25, 0.3) is 0 Å². The number of piperidine rings is 1. The minimum Gasteiger partial charge on any atom is -0.463 e. The van der Waals surface area contributed by atoms with Gasteiger partial charge in [0, 0.05) is 18.2 Å². The third-order valence-corrected chi connectivity index (χ3v) is 3.79. The molecule has 2 rings (SSSR count). The van der Waals surface area contributed by atoms with Gasteiger partial charge >= 0.3 is 5.97 Å². The molecule has 90 valence electrons. The van der Waals surface area contributed by atoms with Crippen molar-refractivity contribution in [1.29, 1.82) is 0 Å². The van der Waals surface area contributed by atoms with Gasteiger partial charge in [0.1, 0.15) is 0 Å². The Morgan fingerprint density at radius 2 is 2.31 bits per heavy atom. The van der Waals surface area contributed by atoms with Crippen molar-refractivity contribution < 1.29 is 9.53 Å². The molecule has 0 aromatic carbocycles. The monoisotopic (exact) mass is 223 g/mol. The highest BCUT2D eigenvalue weighted by Gasteiger charge is 2.30. The van der Waals surface area contributed by atoms with Crippen molar-refractivity contribution in [3.05, 3.63) is 11.1 Å². The largest absolute Gasteiger partial charge is 0.463 e. The number of fused-ring (bicyclic) bond motifs is 1. The molecule has 0 aromatic heterocycles. The minimum absolute atomic E-state index is 0.121. The molecule has 16 heavy (non-hydrogen) atoms. The summed E-state index contributed by atoms with van der Waals surface area (Å²) in [5.74, 6) is -0.121. The Bertz CT molecular complexity index is 309. The van der Waals surface area contributed by atoms with Crippen LogP contribution in [0.15, 0.2) is 11.1 Å². The maximum atomic E-state index is 11.6. The Hall–Kier alpha value is -0.830. The summed E-state index contributed by atoms with van der Waals surface area (Å²) in [5, 5.41) is 0. The van der Waals surface area contributed by atoms with Gasteiger partial charge in [0.05, 0.1) is 6.61 Å². The van der Waals surface area contributed by atoms with Gasteiger partial charge < -0.3 is 4.74 Å². The number of esters is 1. The fourth-order valence-electron chi connectivity index (χ4n) is 2.81. The van der Waals surface area contributed by atoms with E-state index in [0.717, 1.165) is 25.0 Å². The van der Waals surface area contributed by atoms with E-state index in [2.05, 4.69) is 4.90 Å². The topological polar surface area (TPSA) is 29.5 Å². The first-order chi connectivity index (χ1) is 7.72. The quantitative estimate of drug-likeness (QED) is 0.530. The number of hydrogen-bond acceptors (Lipinski definition) is 3. The molecule has 0 aromatic rings. The normalized spacial score (nSPS) is 28.8. The van der Waals surface area contributed by atoms with Crippen LogP contribution in [0.2, 0.25) is 0 Å². The van der Waals surface area contributed by atoms with Crippen molar-refractivity contribution in [3.63, 3.8) is 0 Å². The average Bonchev–Trinajstić information content (AvgIpc) is 2.75. The molecule has 2 saturated heterocycles. The van der Waals surface area contributed by atoms with Crippen LogP contribution in [0.3, 0.4) is 0 Å². The van der Waals surface area contributed by atoms with Crippen molar-refractivity contribution in [2.45, 2.75) is 45.6 Å². The molecule has 0 amide bonds. The number of ether oxygens (including phenoxy) is 1. The van der Waals surface area contributed by atoms with Gasteiger partial charge in [-0.15, -0.1) is 0 Å². The number of carbonyl (C=O) groups is 1. The average molecular weight is 223 g/mol. The molecule has 3 heteroatoms. The maximum Gasteiger partial charge on any atom is 0.333 e. The molecule has 3 nitrogen and oxygen atoms in total. The zero-order chi connectivity index (χ0) is 11.5. The van der Waals surface area contributed by atoms with Gasteiger partial charge in [-0.1, -0.05) is 5.57 Å². The molecule has 0 saturated carbocycles. The molecule has 0 spiro atoms. The minimum atomic E-state index is -0.121. The summed E-state index contributed by atoms with van der Waals surface area (Å²) >= 11 is 0. The van der Waals surface area contributed by atoms with Crippen LogP contribution in [0, 0.1) is 0 Å². The summed E-state index contributed by atoms with van der Waals surface area (Å²) in [4.78, 5) is 14.2. The summed E-state index contributed by atoms with van der Waals surface area (Å²) in [6.45, 7) is 6.61. The SMILES string of the molecule is CCOC(=O)C(C)=C1CCN2CCCC2C1. The van der Waals surface area contributed by atoms with Gasteiger partial charge in [-0.2, -0.15) is 0 Å². The molecule has 0 N–H and O–H groups in total. The lowest BCUT2D eigenvalue weighted by atomic mass is 9.93. The second-order valence-electron chi connectivity index (χ2n) is 4.74. The van der Waals surface area contributed by atoms with Crippen molar-refractivity contribution in [3.8, 4) is 0 Å². The van der Waals surface area contributed by atoms with E-state index in [0.29, 0.717) is 12.6 Å². The summed E-state index contributed by atoms with van der Waals surface area (Å²) in [6.07, 6.45) is 4.72.